The van der Waals surface area contributed by atoms with E-state index in [9.17, 15) is 4.79 Å². The highest BCUT2D eigenvalue weighted by molar-refractivity contribution is 5.93. The Hall–Kier alpha value is -1.38. The second-order valence-electron chi connectivity index (χ2n) is 2.85. The summed E-state index contributed by atoms with van der Waals surface area (Å²) in [5.41, 5.74) is 1.78. The maximum atomic E-state index is 11.2. The first-order chi connectivity index (χ1) is 5.63. The van der Waals surface area contributed by atoms with Gasteiger partial charge in [0.2, 0.25) is 0 Å². The molecule has 0 aromatic carbocycles. The largest absolute Gasteiger partial charge is 0.355 e. The van der Waals surface area contributed by atoms with Gasteiger partial charge in [-0.2, -0.15) is 0 Å². The summed E-state index contributed by atoms with van der Waals surface area (Å²) in [7, 11) is 3.53. The summed E-state index contributed by atoms with van der Waals surface area (Å²) in [5.74, 6) is -0.0469. The van der Waals surface area contributed by atoms with Crippen LogP contribution in [0.2, 0.25) is 0 Å². The van der Waals surface area contributed by atoms with Crippen LogP contribution in [0, 0.1) is 6.92 Å². The number of aromatic nitrogens is 1. The number of amides is 1. The zero-order chi connectivity index (χ0) is 9.14. The summed E-state index contributed by atoms with van der Waals surface area (Å²) in [5, 5.41) is 2.58. The normalized spacial score (nSPS) is 9.58. The predicted octanol–water partition coefficient (Wildman–Crippen LogP) is 0.179. The predicted molar refractivity (Wildman–Crippen MR) is 45.7 cm³/mol. The molecule has 1 aromatic heterocycles. The fourth-order valence-corrected chi connectivity index (χ4v) is 1.17. The Morgan fingerprint density at radius 3 is 2.67 bits per heavy atom. The molecule has 0 atom stereocenters. The maximum Gasteiger partial charge on any atom is 0.257 e. The molecule has 1 aromatic rings. The van der Waals surface area contributed by atoms with E-state index in [0.717, 1.165) is 5.56 Å². The van der Waals surface area contributed by atoms with Gasteiger partial charge in [0.05, 0.1) is 0 Å². The van der Waals surface area contributed by atoms with Crippen LogP contribution >= 0.6 is 0 Å². The van der Waals surface area contributed by atoms with E-state index >= 15 is 0 Å². The molecule has 0 saturated carbocycles. The second kappa shape index (κ2) is 3.34. The third-order valence-corrected chi connectivity index (χ3v) is 1.62. The average Bonchev–Trinajstić information content (AvgIpc) is 2.01. The third kappa shape index (κ3) is 1.81. The summed E-state index contributed by atoms with van der Waals surface area (Å²) in [4.78, 5) is 11.2. The van der Waals surface area contributed by atoms with Gasteiger partial charge in [-0.1, -0.05) is 0 Å². The smallest absolute Gasteiger partial charge is 0.257 e. The minimum Gasteiger partial charge on any atom is -0.355 e. The standard InChI is InChI=1S/C9H12N2O/c1-7-4-8(9(12)10-2)6-11(3)5-7/h4-6H,1-3H3/p+1. The van der Waals surface area contributed by atoms with E-state index in [1.165, 1.54) is 0 Å². The van der Waals surface area contributed by atoms with Gasteiger partial charge < -0.3 is 5.32 Å². The van der Waals surface area contributed by atoms with Gasteiger partial charge >= 0.3 is 0 Å². The van der Waals surface area contributed by atoms with Crippen molar-refractivity contribution in [1.29, 1.82) is 0 Å². The Kier molecular flexibility index (Phi) is 2.43. The molecule has 0 radical (unpaired) electrons. The number of rotatable bonds is 1. The molecule has 1 amide bonds. The number of nitrogens with zero attached hydrogens (tertiary/aromatic N) is 1. The van der Waals surface area contributed by atoms with Gasteiger partial charge in [-0.3, -0.25) is 4.79 Å². The topological polar surface area (TPSA) is 33.0 Å². The highest BCUT2D eigenvalue weighted by atomic mass is 16.1. The molecule has 0 bridgehead atoms. The number of pyridine rings is 1. The number of hydrogen-bond acceptors (Lipinski definition) is 1. The van der Waals surface area contributed by atoms with E-state index in [-0.39, 0.29) is 5.91 Å². The van der Waals surface area contributed by atoms with Crippen LogP contribution in [0.4, 0.5) is 0 Å². The summed E-state index contributed by atoms with van der Waals surface area (Å²) >= 11 is 0. The van der Waals surface area contributed by atoms with Gasteiger partial charge in [-0.25, -0.2) is 4.57 Å². The Morgan fingerprint density at radius 1 is 1.50 bits per heavy atom. The Bertz CT molecular complexity index is 287. The van der Waals surface area contributed by atoms with Gasteiger partial charge in [0, 0.05) is 12.6 Å². The summed E-state index contributed by atoms with van der Waals surface area (Å²) in [6.45, 7) is 1.96. The second-order valence-corrected chi connectivity index (χ2v) is 2.85. The lowest BCUT2D eigenvalue weighted by Crippen LogP contribution is -2.30. The zero-order valence-electron chi connectivity index (χ0n) is 7.59. The molecule has 0 aliphatic rings. The van der Waals surface area contributed by atoms with Gasteiger partial charge in [-0.15, -0.1) is 0 Å². The molecule has 3 heteroatoms. The van der Waals surface area contributed by atoms with Gasteiger partial charge in [-0.05, 0) is 13.0 Å². The fraction of sp³-hybridized carbons (Fsp3) is 0.333. The van der Waals surface area contributed by atoms with Crippen LogP contribution in [0.25, 0.3) is 0 Å². The molecular formula is C9H13N2O+. The lowest BCUT2D eigenvalue weighted by molar-refractivity contribution is -0.671. The highest BCUT2D eigenvalue weighted by Crippen LogP contribution is 1.98. The monoisotopic (exact) mass is 165 g/mol. The van der Waals surface area contributed by atoms with Crippen molar-refractivity contribution >= 4 is 5.91 Å². The number of carbonyl (C=O) groups is 1. The molecule has 0 aliphatic carbocycles. The van der Waals surface area contributed by atoms with E-state index in [0.29, 0.717) is 5.56 Å². The third-order valence-electron chi connectivity index (χ3n) is 1.62. The Balaban J connectivity index is 3.08. The fourth-order valence-electron chi connectivity index (χ4n) is 1.17. The first-order valence-corrected chi connectivity index (χ1v) is 3.82. The van der Waals surface area contributed by atoms with Gasteiger partial charge in [0.1, 0.15) is 12.6 Å². The van der Waals surface area contributed by atoms with Crippen molar-refractivity contribution in [2.75, 3.05) is 7.05 Å². The minimum absolute atomic E-state index is 0.0469. The molecule has 12 heavy (non-hydrogen) atoms. The van der Waals surface area contributed by atoms with E-state index in [1.54, 1.807) is 13.2 Å². The molecule has 1 N–H and O–H groups in total. The molecule has 3 nitrogen and oxygen atoms in total. The Labute approximate surface area is 72.0 Å². The molecule has 64 valence electrons. The maximum absolute atomic E-state index is 11.2. The molecule has 1 heterocycles. The molecule has 1 rings (SSSR count). The van der Waals surface area contributed by atoms with Crippen LogP contribution in [0.15, 0.2) is 18.5 Å². The highest BCUT2D eigenvalue weighted by Gasteiger charge is 2.07. The summed E-state index contributed by atoms with van der Waals surface area (Å²) in [6.07, 6.45) is 3.76. The molecular weight excluding hydrogens is 152 g/mol. The van der Waals surface area contributed by atoms with Gasteiger partial charge in [0.15, 0.2) is 12.4 Å². The number of hydrogen-bond donors (Lipinski definition) is 1. The molecule has 0 fully saturated rings. The lowest BCUT2D eigenvalue weighted by atomic mass is 10.2. The lowest BCUT2D eigenvalue weighted by Gasteiger charge is -1.98. The van der Waals surface area contributed by atoms with Gasteiger partial charge in [0.25, 0.3) is 5.91 Å². The summed E-state index contributed by atoms with van der Waals surface area (Å²) in [6, 6.07) is 1.86. The zero-order valence-corrected chi connectivity index (χ0v) is 7.59. The van der Waals surface area contributed by atoms with Crippen molar-refractivity contribution in [2.45, 2.75) is 6.92 Å². The van der Waals surface area contributed by atoms with E-state index in [1.807, 2.05) is 30.8 Å². The quantitative estimate of drug-likeness (QED) is 0.592. The van der Waals surface area contributed by atoms with Crippen LogP contribution in [0.1, 0.15) is 15.9 Å². The first-order valence-electron chi connectivity index (χ1n) is 3.82. The van der Waals surface area contributed by atoms with E-state index in [4.69, 9.17) is 0 Å². The average molecular weight is 165 g/mol. The van der Waals surface area contributed by atoms with E-state index < -0.39 is 0 Å². The minimum atomic E-state index is -0.0469. The molecule has 0 unspecified atom stereocenters. The molecule has 0 spiro atoms. The SMILES string of the molecule is CNC(=O)c1cc(C)c[n+](C)c1. The van der Waals surface area contributed by atoms with Crippen molar-refractivity contribution < 1.29 is 9.36 Å². The Morgan fingerprint density at radius 2 is 2.17 bits per heavy atom. The van der Waals surface area contributed by atoms with Crippen LogP contribution in [-0.4, -0.2) is 13.0 Å². The van der Waals surface area contributed by atoms with Crippen molar-refractivity contribution in [3.8, 4) is 0 Å². The number of nitrogens with one attached hydrogen (secondary N) is 1. The van der Waals surface area contributed by atoms with Crippen LogP contribution in [-0.2, 0) is 7.05 Å². The van der Waals surface area contributed by atoms with E-state index in [2.05, 4.69) is 5.32 Å². The van der Waals surface area contributed by atoms with Crippen molar-refractivity contribution in [2.24, 2.45) is 7.05 Å². The molecule has 0 aliphatic heterocycles. The number of aryl methyl sites for hydroxylation is 2. The van der Waals surface area contributed by atoms with Crippen molar-refractivity contribution in [3.63, 3.8) is 0 Å². The number of carbonyl (C=O) groups excluding carboxylic acids is 1. The molecule has 0 saturated heterocycles. The van der Waals surface area contributed by atoms with Crippen LogP contribution in [0.5, 0.6) is 0 Å². The van der Waals surface area contributed by atoms with Crippen molar-refractivity contribution in [3.05, 3.63) is 29.6 Å². The summed E-state index contributed by atoms with van der Waals surface area (Å²) < 4.78 is 1.87. The first kappa shape index (κ1) is 8.71. The van der Waals surface area contributed by atoms with Crippen molar-refractivity contribution in [1.82, 2.24) is 5.32 Å². The van der Waals surface area contributed by atoms with Crippen LogP contribution < -0.4 is 9.88 Å². The van der Waals surface area contributed by atoms with Crippen LogP contribution in [0.3, 0.4) is 0 Å².